The number of benzene rings is 1. The van der Waals surface area contributed by atoms with E-state index in [1.165, 1.54) is 12.1 Å². The number of amides is 1. The monoisotopic (exact) mass is 390 g/mol. The van der Waals surface area contributed by atoms with Crippen molar-refractivity contribution in [1.29, 1.82) is 0 Å². The molecule has 0 unspecified atom stereocenters. The zero-order chi connectivity index (χ0) is 17.0. The van der Waals surface area contributed by atoms with Crippen LogP contribution in [0.25, 0.3) is 0 Å². The Balaban J connectivity index is 0.00000225. The molecule has 9 heteroatoms. The fraction of sp³-hybridized carbons (Fsp3) is 0.562. The lowest BCUT2D eigenvalue weighted by atomic mass is 10.3. The third kappa shape index (κ3) is 4.99. The number of nitrogens with one attached hydrogen (secondary N) is 1. The molecule has 2 heterocycles. The first-order valence-corrected chi connectivity index (χ1v) is 9.82. The number of ether oxygens (including phenoxy) is 2. The molecular weight excluding hydrogens is 368 g/mol. The van der Waals surface area contributed by atoms with E-state index in [0.717, 1.165) is 19.5 Å². The summed E-state index contributed by atoms with van der Waals surface area (Å²) in [6.07, 6.45) is 0.886. The van der Waals surface area contributed by atoms with Crippen molar-refractivity contribution < 1.29 is 22.7 Å². The van der Waals surface area contributed by atoms with Gasteiger partial charge in [0.05, 0.1) is 10.6 Å². The maximum atomic E-state index is 12.5. The first kappa shape index (κ1) is 19.8. The third-order valence-corrected chi connectivity index (χ3v) is 5.86. The molecule has 0 radical (unpaired) electrons. The van der Waals surface area contributed by atoms with Crippen molar-refractivity contribution in [3.05, 3.63) is 18.2 Å². The van der Waals surface area contributed by atoms with Gasteiger partial charge in [-0.2, -0.15) is 0 Å². The van der Waals surface area contributed by atoms with Crippen LogP contribution in [0.5, 0.6) is 11.5 Å². The number of nitrogens with zero attached hydrogens (tertiary/aromatic N) is 1. The smallest absolute Gasteiger partial charge is 0.223 e. The molecule has 1 aromatic carbocycles. The molecule has 1 fully saturated rings. The van der Waals surface area contributed by atoms with E-state index in [0.29, 0.717) is 37.8 Å². The van der Waals surface area contributed by atoms with E-state index < -0.39 is 9.84 Å². The predicted octanol–water partition coefficient (Wildman–Crippen LogP) is 0.865. The van der Waals surface area contributed by atoms with Gasteiger partial charge in [-0.05, 0) is 25.1 Å². The summed E-state index contributed by atoms with van der Waals surface area (Å²) in [5.74, 6) is 0.676. The average molecular weight is 391 g/mol. The van der Waals surface area contributed by atoms with Gasteiger partial charge in [-0.25, -0.2) is 8.42 Å². The number of hydrogen-bond donors (Lipinski definition) is 1. The zero-order valence-electron chi connectivity index (χ0n) is 13.9. The largest absolute Gasteiger partial charge is 0.486 e. The summed E-state index contributed by atoms with van der Waals surface area (Å²) >= 11 is 0. The second kappa shape index (κ2) is 8.73. The Kier molecular flexibility index (Phi) is 6.92. The van der Waals surface area contributed by atoms with Crippen molar-refractivity contribution in [2.75, 3.05) is 45.1 Å². The van der Waals surface area contributed by atoms with Crippen molar-refractivity contribution >= 4 is 28.2 Å². The summed E-state index contributed by atoms with van der Waals surface area (Å²) in [7, 11) is -3.54. The molecule has 2 aliphatic heterocycles. The highest BCUT2D eigenvalue weighted by molar-refractivity contribution is 7.91. The Morgan fingerprint density at radius 1 is 1.12 bits per heavy atom. The summed E-state index contributed by atoms with van der Waals surface area (Å²) in [6.45, 7) is 3.80. The number of carbonyl (C=O) groups is 1. The van der Waals surface area contributed by atoms with Crippen molar-refractivity contribution in [3.8, 4) is 11.5 Å². The van der Waals surface area contributed by atoms with Gasteiger partial charge in [0.1, 0.15) is 13.2 Å². The predicted molar refractivity (Wildman–Crippen MR) is 95.4 cm³/mol. The van der Waals surface area contributed by atoms with Crippen molar-refractivity contribution in [1.82, 2.24) is 10.2 Å². The molecule has 2 aliphatic rings. The molecule has 1 amide bonds. The molecule has 140 valence electrons. The second-order valence-electron chi connectivity index (χ2n) is 5.86. The fourth-order valence-electron chi connectivity index (χ4n) is 2.81. The Morgan fingerprint density at radius 3 is 2.68 bits per heavy atom. The number of fused-ring (bicyclic) bond motifs is 1. The Labute approximate surface area is 154 Å². The van der Waals surface area contributed by atoms with E-state index in [4.69, 9.17) is 9.47 Å². The highest BCUT2D eigenvalue weighted by Gasteiger charge is 2.22. The van der Waals surface area contributed by atoms with Crippen LogP contribution < -0.4 is 14.8 Å². The molecule has 1 N–H and O–H groups in total. The molecule has 0 bridgehead atoms. The van der Waals surface area contributed by atoms with Crippen LogP contribution in [0.1, 0.15) is 12.8 Å². The second-order valence-corrected chi connectivity index (χ2v) is 7.97. The van der Waals surface area contributed by atoms with Crippen LogP contribution in [0.2, 0.25) is 0 Å². The van der Waals surface area contributed by atoms with Gasteiger partial charge in [-0.15, -0.1) is 12.4 Å². The van der Waals surface area contributed by atoms with E-state index in [-0.39, 0.29) is 35.4 Å². The van der Waals surface area contributed by atoms with E-state index in [2.05, 4.69) is 5.32 Å². The van der Waals surface area contributed by atoms with Gasteiger partial charge < -0.3 is 19.7 Å². The normalized spacial score (nSPS) is 17.4. The van der Waals surface area contributed by atoms with Crippen LogP contribution >= 0.6 is 12.4 Å². The minimum absolute atomic E-state index is 0. The Morgan fingerprint density at radius 2 is 1.88 bits per heavy atom. The van der Waals surface area contributed by atoms with Crippen LogP contribution in [-0.2, 0) is 14.6 Å². The number of sulfone groups is 1. The lowest BCUT2D eigenvalue weighted by Crippen LogP contribution is -2.35. The molecule has 0 spiro atoms. The Hall–Kier alpha value is -1.51. The summed E-state index contributed by atoms with van der Waals surface area (Å²) in [4.78, 5) is 14.1. The molecule has 7 nitrogen and oxygen atoms in total. The number of carbonyl (C=O) groups excluding carboxylic acids is 1. The van der Waals surface area contributed by atoms with Gasteiger partial charge in [0, 0.05) is 32.1 Å². The molecule has 0 aliphatic carbocycles. The van der Waals surface area contributed by atoms with Gasteiger partial charge in [-0.1, -0.05) is 0 Å². The Bertz CT molecular complexity index is 702. The van der Waals surface area contributed by atoms with Gasteiger partial charge >= 0.3 is 0 Å². The lowest BCUT2D eigenvalue weighted by molar-refractivity contribution is -0.130. The number of rotatable bonds is 4. The van der Waals surface area contributed by atoms with E-state index in [1.54, 1.807) is 11.0 Å². The van der Waals surface area contributed by atoms with Crippen molar-refractivity contribution in [3.63, 3.8) is 0 Å². The molecule has 3 rings (SSSR count). The fourth-order valence-corrected chi connectivity index (χ4v) is 4.05. The summed E-state index contributed by atoms with van der Waals surface area (Å²) in [5, 5.41) is 3.22. The van der Waals surface area contributed by atoms with E-state index in [9.17, 15) is 13.2 Å². The van der Waals surface area contributed by atoms with Crippen molar-refractivity contribution in [2.24, 2.45) is 0 Å². The molecule has 0 saturated carbocycles. The topological polar surface area (TPSA) is 84.9 Å². The van der Waals surface area contributed by atoms with Gasteiger partial charge in [-0.3, -0.25) is 4.79 Å². The zero-order valence-corrected chi connectivity index (χ0v) is 15.5. The van der Waals surface area contributed by atoms with Crippen LogP contribution in [0.4, 0.5) is 0 Å². The highest BCUT2D eigenvalue weighted by atomic mass is 35.5. The van der Waals surface area contributed by atoms with Crippen LogP contribution in [0.15, 0.2) is 23.1 Å². The summed E-state index contributed by atoms with van der Waals surface area (Å²) < 4.78 is 35.8. The molecule has 0 atom stereocenters. The minimum Gasteiger partial charge on any atom is -0.486 e. The molecule has 1 aromatic rings. The van der Waals surface area contributed by atoms with Gasteiger partial charge in [0.2, 0.25) is 5.91 Å². The maximum absolute atomic E-state index is 12.5. The van der Waals surface area contributed by atoms with Crippen LogP contribution in [0.3, 0.4) is 0 Å². The maximum Gasteiger partial charge on any atom is 0.223 e. The van der Waals surface area contributed by atoms with E-state index >= 15 is 0 Å². The number of halogens is 1. The summed E-state index contributed by atoms with van der Waals surface area (Å²) in [5.41, 5.74) is 0. The SMILES string of the molecule is Cl.O=C(CCS(=O)(=O)c1ccc2c(c1)OCCO2)N1CCCNCC1. The highest BCUT2D eigenvalue weighted by Crippen LogP contribution is 2.32. The first-order valence-electron chi connectivity index (χ1n) is 8.17. The molecule has 25 heavy (non-hydrogen) atoms. The van der Waals surface area contributed by atoms with Gasteiger partial charge in [0.15, 0.2) is 21.3 Å². The van der Waals surface area contributed by atoms with Crippen LogP contribution in [-0.4, -0.2) is 64.4 Å². The van der Waals surface area contributed by atoms with Crippen molar-refractivity contribution in [2.45, 2.75) is 17.7 Å². The summed E-state index contributed by atoms with van der Waals surface area (Å²) in [6, 6.07) is 4.58. The standard InChI is InChI=1S/C16H22N2O5S.ClH/c19-16(18-7-1-5-17-6-8-18)4-11-24(20,21)13-2-3-14-15(12-13)23-10-9-22-14;/h2-3,12,17H,1,4-11H2;1H. The third-order valence-electron chi connectivity index (χ3n) is 4.15. The first-order chi connectivity index (χ1) is 11.6. The molecule has 1 saturated heterocycles. The van der Waals surface area contributed by atoms with Crippen LogP contribution in [0, 0.1) is 0 Å². The molecular formula is C16H23ClN2O5S. The quantitative estimate of drug-likeness (QED) is 0.821. The average Bonchev–Trinajstić information content (AvgIpc) is 2.89. The molecule has 0 aromatic heterocycles. The van der Waals surface area contributed by atoms with Gasteiger partial charge in [0.25, 0.3) is 0 Å². The van der Waals surface area contributed by atoms with E-state index in [1.807, 2.05) is 0 Å². The lowest BCUT2D eigenvalue weighted by Gasteiger charge is -2.20. The number of hydrogen-bond acceptors (Lipinski definition) is 6. The minimum atomic E-state index is -3.54.